The number of carbonyl (C=O) groups excluding carboxylic acids is 1. The molecule has 2 rings (SSSR count). The molecule has 108 valence electrons. The Morgan fingerprint density at radius 1 is 1.29 bits per heavy atom. The number of benzene rings is 2. The van der Waals surface area contributed by atoms with Gasteiger partial charge in [0.15, 0.2) is 0 Å². The third-order valence-electron chi connectivity index (χ3n) is 2.87. The van der Waals surface area contributed by atoms with Gasteiger partial charge in [0, 0.05) is 11.8 Å². The quantitative estimate of drug-likeness (QED) is 0.516. The molecule has 2 aromatic carbocycles. The van der Waals surface area contributed by atoms with Crippen molar-refractivity contribution in [3.05, 3.63) is 63.5 Å². The van der Waals surface area contributed by atoms with Crippen molar-refractivity contribution in [2.75, 3.05) is 5.32 Å². The molecule has 0 unspecified atom stereocenters. The molecule has 0 heterocycles. The fraction of sp³-hybridized carbons (Fsp3) is 0.0714. The number of rotatable bonds is 3. The fourth-order valence-corrected chi connectivity index (χ4v) is 1.78. The van der Waals surface area contributed by atoms with E-state index < -0.39 is 22.3 Å². The normalized spacial score (nSPS) is 10.2. The number of non-ortho nitro benzene ring substituents is 1. The molecule has 2 aromatic rings. The molecular formula is C14H11FN2O4. The van der Waals surface area contributed by atoms with Crippen molar-refractivity contribution in [2.24, 2.45) is 0 Å². The summed E-state index contributed by atoms with van der Waals surface area (Å²) >= 11 is 0. The minimum Gasteiger partial charge on any atom is -0.508 e. The van der Waals surface area contributed by atoms with Crippen molar-refractivity contribution in [2.45, 2.75) is 6.92 Å². The van der Waals surface area contributed by atoms with Crippen LogP contribution in [0.1, 0.15) is 15.9 Å². The third-order valence-corrected chi connectivity index (χ3v) is 2.87. The summed E-state index contributed by atoms with van der Waals surface area (Å²) in [6.45, 7) is 1.67. The molecular weight excluding hydrogens is 279 g/mol. The van der Waals surface area contributed by atoms with Crippen molar-refractivity contribution >= 4 is 17.3 Å². The van der Waals surface area contributed by atoms with Crippen LogP contribution in [0.15, 0.2) is 36.4 Å². The second kappa shape index (κ2) is 5.58. The van der Waals surface area contributed by atoms with Crippen LogP contribution < -0.4 is 5.32 Å². The summed E-state index contributed by atoms with van der Waals surface area (Å²) < 4.78 is 13.7. The summed E-state index contributed by atoms with van der Waals surface area (Å²) in [4.78, 5) is 21.7. The molecule has 0 fully saturated rings. The maximum absolute atomic E-state index is 13.7. The van der Waals surface area contributed by atoms with E-state index in [9.17, 15) is 24.4 Å². The molecule has 6 nitrogen and oxygen atoms in total. The average molecular weight is 290 g/mol. The number of nitro benzene ring substituents is 1. The molecule has 0 atom stereocenters. The number of amides is 1. The van der Waals surface area contributed by atoms with E-state index in [1.807, 2.05) is 0 Å². The Morgan fingerprint density at radius 2 is 2.00 bits per heavy atom. The highest BCUT2D eigenvalue weighted by molar-refractivity contribution is 6.05. The first-order valence-corrected chi connectivity index (χ1v) is 5.93. The first kappa shape index (κ1) is 14.4. The summed E-state index contributed by atoms with van der Waals surface area (Å²) in [5, 5.41) is 22.3. The van der Waals surface area contributed by atoms with Gasteiger partial charge in [-0.1, -0.05) is 0 Å². The number of aromatic hydroxyl groups is 1. The number of phenolic OH excluding ortho intramolecular Hbond substituents is 1. The first-order chi connectivity index (χ1) is 9.88. The van der Waals surface area contributed by atoms with Gasteiger partial charge in [-0.3, -0.25) is 14.9 Å². The largest absolute Gasteiger partial charge is 0.508 e. The second-order valence-corrected chi connectivity index (χ2v) is 4.37. The average Bonchev–Trinajstić information content (AvgIpc) is 2.41. The number of hydrogen-bond donors (Lipinski definition) is 2. The zero-order chi connectivity index (χ0) is 15.6. The Balaban J connectivity index is 2.26. The predicted molar refractivity (Wildman–Crippen MR) is 73.9 cm³/mol. The van der Waals surface area contributed by atoms with Crippen molar-refractivity contribution in [3.63, 3.8) is 0 Å². The van der Waals surface area contributed by atoms with Crippen LogP contribution in [0, 0.1) is 22.9 Å². The van der Waals surface area contributed by atoms with E-state index in [2.05, 4.69) is 5.32 Å². The van der Waals surface area contributed by atoms with Gasteiger partial charge < -0.3 is 10.4 Å². The summed E-state index contributed by atoms with van der Waals surface area (Å²) in [6, 6.07) is 7.11. The van der Waals surface area contributed by atoms with Gasteiger partial charge >= 0.3 is 0 Å². The SMILES string of the molecule is Cc1cc(O)ccc1NC(=O)c1ccc([N+](=O)[O-])cc1F. The van der Waals surface area contributed by atoms with Crippen LogP contribution >= 0.6 is 0 Å². The van der Waals surface area contributed by atoms with Gasteiger partial charge in [-0.05, 0) is 36.8 Å². The Hall–Kier alpha value is -2.96. The third kappa shape index (κ3) is 3.14. The number of hydrogen-bond acceptors (Lipinski definition) is 4. The lowest BCUT2D eigenvalue weighted by molar-refractivity contribution is -0.385. The van der Waals surface area contributed by atoms with Gasteiger partial charge in [0.2, 0.25) is 0 Å². The Labute approximate surface area is 119 Å². The van der Waals surface area contributed by atoms with E-state index in [1.54, 1.807) is 6.92 Å². The number of aryl methyl sites for hydroxylation is 1. The van der Waals surface area contributed by atoms with Crippen molar-refractivity contribution in [1.29, 1.82) is 0 Å². The Kier molecular flexibility index (Phi) is 3.84. The second-order valence-electron chi connectivity index (χ2n) is 4.37. The molecule has 0 radical (unpaired) electrons. The number of phenols is 1. The minimum atomic E-state index is -0.974. The van der Waals surface area contributed by atoms with Crippen molar-refractivity contribution in [1.82, 2.24) is 0 Å². The molecule has 0 aromatic heterocycles. The van der Waals surface area contributed by atoms with Crippen LogP contribution in [0.4, 0.5) is 15.8 Å². The molecule has 0 aliphatic carbocycles. The highest BCUT2D eigenvalue weighted by Gasteiger charge is 2.16. The molecule has 0 bridgehead atoms. The number of nitro groups is 1. The Morgan fingerprint density at radius 3 is 2.57 bits per heavy atom. The standard InChI is InChI=1S/C14H11FN2O4/c1-8-6-10(18)3-5-13(8)16-14(19)11-4-2-9(17(20)21)7-12(11)15/h2-7,18H,1H3,(H,16,19). The number of halogens is 1. The van der Waals surface area contributed by atoms with E-state index in [0.29, 0.717) is 17.3 Å². The van der Waals surface area contributed by atoms with Crippen LogP contribution in [0.5, 0.6) is 5.75 Å². The van der Waals surface area contributed by atoms with Gasteiger partial charge in [-0.25, -0.2) is 4.39 Å². The topological polar surface area (TPSA) is 92.5 Å². The molecule has 0 aliphatic heterocycles. The van der Waals surface area contributed by atoms with Crippen LogP contribution in [-0.4, -0.2) is 15.9 Å². The van der Waals surface area contributed by atoms with Crippen LogP contribution in [-0.2, 0) is 0 Å². The van der Waals surface area contributed by atoms with Gasteiger partial charge in [-0.2, -0.15) is 0 Å². The maximum Gasteiger partial charge on any atom is 0.272 e. The summed E-state index contributed by atoms with van der Waals surface area (Å²) in [7, 11) is 0. The molecule has 0 spiro atoms. The lowest BCUT2D eigenvalue weighted by Crippen LogP contribution is -2.14. The van der Waals surface area contributed by atoms with Crippen LogP contribution in [0.3, 0.4) is 0 Å². The highest BCUT2D eigenvalue weighted by atomic mass is 19.1. The highest BCUT2D eigenvalue weighted by Crippen LogP contribution is 2.22. The lowest BCUT2D eigenvalue weighted by Gasteiger charge is -2.09. The fourth-order valence-electron chi connectivity index (χ4n) is 1.78. The van der Waals surface area contributed by atoms with Crippen molar-refractivity contribution in [3.8, 4) is 5.75 Å². The molecule has 0 aliphatic rings. The molecule has 21 heavy (non-hydrogen) atoms. The van der Waals surface area contributed by atoms with Gasteiger partial charge in [0.25, 0.3) is 11.6 Å². The summed E-state index contributed by atoms with van der Waals surface area (Å²) in [6.07, 6.45) is 0. The molecule has 0 saturated heterocycles. The smallest absolute Gasteiger partial charge is 0.272 e. The zero-order valence-corrected chi connectivity index (χ0v) is 11.0. The predicted octanol–water partition coefficient (Wildman–Crippen LogP) is 3.00. The number of nitrogens with zero attached hydrogens (tertiary/aromatic N) is 1. The molecule has 2 N–H and O–H groups in total. The summed E-state index contributed by atoms with van der Waals surface area (Å²) in [5.41, 5.74) is 0.291. The monoisotopic (exact) mass is 290 g/mol. The van der Waals surface area contributed by atoms with Crippen LogP contribution in [0.2, 0.25) is 0 Å². The Bertz CT molecular complexity index is 731. The van der Waals surface area contributed by atoms with Gasteiger partial charge in [0.1, 0.15) is 11.6 Å². The van der Waals surface area contributed by atoms with Crippen LogP contribution in [0.25, 0.3) is 0 Å². The number of nitrogens with one attached hydrogen (secondary N) is 1. The first-order valence-electron chi connectivity index (χ1n) is 5.93. The molecule has 7 heteroatoms. The lowest BCUT2D eigenvalue weighted by atomic mass is 10.1. The van der Waals surface area contributed by atoms with E-state index >= 15 is 0 Å². The number of anilines is 1. The van der Waals surface area contributed by atoms with E-state index in [4.69, 9.17) is 0 Å². The van der Waals surface area contributed by atoms with Gasteiger partial charge in [0.05, 0.1) is 16.6 Å². The summed E-state index contributed by atoms with van der Waals surface area (Å²) in [5.74, 6) is -1.65. The number of carbonyl (C=O) groups is 1. The van der Waals surface area contributed by atoms with E-state index in [1.165, 1.54) is 18.2 Å². The van der Waals surface area contributed by atoms with Gasteiger partial charge in [-0.15, -0.1) is 0 Å². The maximum atomic E-state index is 13.7. The molecule has 1 amide bonds. The minimum absolute atomic E-state index is 0.0482. The van der Waals surface area contributed by atoms with E-state index in [0.717, 1.165) is 12.1 Å². The van der Waals surface area contributed by atoms with E-state index in [-0.39, 0.29) is 11.3 Å². The zero-order valence-electron chi connectivity index (χ0n) is 11.0. The molecule has 0 saturated carbocycles. The van der Waals surface area contributed by atoms with Crippen molar-refractivity contribution < 1.29 is 19.2 Å².